The zero-order valence-electron chi connectivity index (χ0n) is 14.2. The summed E-state index contributed by atoms with van der Waals surface area (Å²) in [5, 5.41) is 31.4. The molecule has 2 aliphatic heterocycles. The largest absolute Gasteiger partial charge is 0.478 e. The molecule has 2 rings (SSSR count). The highest BCUT2D eigenvalue weighted by molar-refractivity contribution is 5.79. The van der Waals surface area contributed by atoms with Gasteiger partial charge in [-0.3, -0.25) is 0 Å². The van der Waals surface area contributed by atoms with E-state index in [0.717, 1.165) is 51.4 Å². The summed E-state index contributed by atoms with van der Waals surface area (Å²) in [6.07, 6.45) is 3.89. The van der Waals surface area contributed by atoms with Crippen LogP contribution in [-0.2, 0) is 23.8 Å². The predicted molar refractivity (Wildman–Crippen MR) is 89.4 cm³/mol. The average molecular weight is 364 g/mol. The molecule has 0 amide bonds. The number of rotatable bonds is 9. The van der Waals surface area contributed by atoms with E-state index >= 15 is 0 Å². The zero-order valence-corrected chi connectivity index (χ0v) is 14.2. The number of hydrogen-bond donors (Lipinski definition) is 4. The molecule has 0 aromatic carbocycles. The molecule has 0 aromatic heterocycles. The van der Waals surface area contributed by atoms with Crippen LogP contribution in [-0.4, -0.2) is 84.2 Å². The number of aliphatic hydroxyl groups excluding tert-OH is 2. The summed E-state index contributed by atoms with van der Waals surface area (Å²) in [4.78, 5) is 18.5. The number of carboxylic acid groups (broad SMARTS) is 2. The Morgan fingerprint density at radius 3 is 1.36 bits per heavy atom. The predicted octanol–water partition coefficient (Wildman–Crippen LogP) is 0.0658. The van der Waals surface area contributed by atoms with E-state index in [-0.39, 0.29) is 13.2 Å². The van der Waals surface area contributed by atoms with Crippen molar-refractivity contribution in [1.82, 2.24) is 0 Å². The van der Waals surface area contributed by atoms with Gasteiger partial charge in [0.15, 0.2) is 0 Å². The van der Waals surface area contributed by atoms with E-state index in [1.54, 1.807) is 0 Å². The second-order valence-electron chi connectivity index (χ2n) is 4.69. The second-order valence-corrected chi connectivity index (χ2v) is 4.69. The Morgan fingerprint density at radius 2 is 1.20 bits per heavy atom. The van der Waals surface area contributed by atoms with Gasteiger partial charge in [-0.05, 0) is 12.8 Å². The molecule has 25 heavy (non-hydrogen) atoms. The zero-order chi connectivity index (χ0) is 19.5. The van der Waals surface area contributed by atoms with Crippen molar-refractivity contribution in [1.29, 1.82) is 0 Å². The first-order valence-corrected chi connectivity index (χ1v) is 7.64. The van der Waals surface area contributed by atoms with Crippen LogP contribution in [0, 0.1) is 0 Å². The minimum atomic E-state index is -0.981. The standard InChI is InChI=1S/C6H10O3.C4H10O2.2C3H4O2/c1(5-3-8-5)7-2-6-4-9-6;5-3-1-2-4-6;2*1-2-3(4)5/h5-6H,1-4H2;5-6H,1-4H2;2*2H,1H2,(H,4,5). The molecule has 2 unspecified atom stereocenters. The molecule has 0 aromatic rings. The molecule has 2 atom stereocenters. The van der Waals surface area contributed by atoms with Crippen LogP contribution in [0.1, 0.15) is 12.8 Å². The van der Waals surface area contributed by atoms with Gasteiger partial charge in [-0.15, -0.1) is 0 Å². The van der Waals surface area contributed by atoms with E-state index in [2.05, 4.69) is 13.2 Å². The van der Waals surface area contributed by atoms with Gasteiger partial charge in [-0.2, -0.15) is 0 Å². The first-order chi connectivity index (χ1) is 11.9. The van der Waals surface area contributed by atoms with Crippen LogP contribution in [0.4, 0.5) is 0 Å². The minimum Gasteiger partial charge on any atom is -0.478 e. The van der Waals surface area contributed by atoms with Gasteiger partial charge in [0.2, 0.25) is 0 Å². The van der Waals surface area contributed by atoms with E-state index in [4.69, 9.17) is 34.6 Å². The lowest BCUT2D eigenvalue weighted by Crippen LogP contribution is -2.06. The number of epoxide rings is 2. The average Bonchev–Trinajstić information content (AvgIpc) is 3.50. The highest BCUT2D eigenvalue weighted by Gasteiger charge is 2.26. The summed E-state index contributed by atoms with van der Waals surface area (Å²) >= 11 is 0. The van der Waals surface area contributed by atoms with E-state index in [1.807, 2.05) is 0 Å². The Bertz CT molecular complexity index is 329. The molecule has 9 heteroatoms. The van der Waals surface area contributed by atoms with Crippen molar-refractivity contribution in [3.8, 4) is 0 Å². The summed E-state index contributed by atoms with van der Waals surface area (Å²) < 4.78 is 15.1. The fourth-order valence-electron chi connectivity index (χ4n) is 0.883. The summed E-state index contributed by atoms with van der Waals surface area (Å²) in [5.41, 5.74) is 0. The lowest BCUT2D eigenvalue weighted by Gasteiger charge is -1.95. The van der Waals surface area contributed by atoms with Crippen LogP contribution in [0.25, 0.3) is 0 Å². The van der Waals surface area contributed by atoms with E-state index in [9.17, 15) is 9.59 Å². The maximum Gasteiger partial charge on any atom is 0.327 e. The van der Waals surface area contributed by atoms with Crippen molar-refractivity contribution in [2.75, 3.05) is 39.6 Å². The van der Waals surface area contributed by atoms with Gasteiger partial charge in [-0.25, -0.2) is 9.59 Å². The van der Waals surface area contributed by atoms with Gasteiger partial charge < -0.3 is 34.6 Å². The van der Waals surface area contributed by atoms with Crippen molar-refractivity contribution in [2.24, 2.45) is 0 Å². The van der Waals surface area contributed by atoms with Crippen LogP contribution < -0.4 is 0 Å². The molecule has 146 valence electrons. The van der Waals surface area contributed by atoms with Gasteiger partial charge in [0.1, 0.15) is 12.2 Å². The number of carbonyl (C=O) groups is 2. The van der Waals surface area contributed by atoms with E-state index in [0.29, 0.717) is 12.2 Å². The highest BCUT2D eigenvalue weighted by Crippen LogP contribution is 2.12. The van der Waals surface area contributed by atoms with Gasteiger partial charge in [0, 0.05) is 25.4 Å². The maximum atomic E-state index is 9.25. The Balaban J connectivity index is 0. The summed E-state index contributed by atoms with van der Waals surface area (Å²) in [6, 6.07) is 0. The molecular weight excluding hydrogens is 336 g/mol. The molecule has 0 radical (unpaired) electrons. The molecule has 2 aliphatic rings. The first-order valence-electron chi connectivity index (χ1n) is 7.64. The van der Waals surface area contributed by atoms with Crippen molar-refractivity contribution in [3.63, 3.8) is 0 Å². The fourth-order valence-corrected chi connectivity index (χ4v) is 0.883. The quantitative estimate of drug-likeness (QED) is 0.253. The topological polar surface area (TPSA) is 149 Å². The Hall–Kier alpha value is -1.78. The Labute approximate surface area is 147 Å². The molecule has 4 N–H and O–H groups in total. The molecule has 0 aliphatic carbocycles. The van der Waals surface area contributed by atoms with Crippen molar-refractivity contribution in [3.05, 3.63) is 25.3 Å². The molecule has 0 spiro atoms. The normalized spacial score (nSPS) is 18.6. The van der Waals surface area contributed by atoms with Gasteiger partial charge in [0.05, 0.1) is 26.4 Å². The van der Waals surface area contributed by atoms with Gasteiger partial charge >= 0.3 is 11.9 Å². The Kier molecular flexibility index (Phi) is 18.9. The van der Waals surface area contributed by atoms with Crippen molar-refractivity contribution >= 4 is 11.9 Å². The SMILES string of the molecule is C(OCC1CO1)C1CO1.C=CC(=O)O.C=CC(=O)O.OCCCCO. The second kappa shape index (κ2) is 18.6. The smallest absolute Gasteiger partial charge is 0.327 e. The number of aliphatic hydroxyl groups is 2. The molecule has 2 fully saturated rings. The number of ether oxygens (including phenoxy) is 3. The molecular formula is C16H28O9. The maximum absolute atomic E-state index is 9.25. The van der Waals surface area contributed by atoms with Gasteiger partial charge in [-0.1, -0.05) is 13.2 Å². The molecule has 2 heterocycles. The fraction of sp³-hybridized carbons (Fsp3) is 0.625. The lowest BCUT2D eigenvalue weighted by molar-refractivity contribution is -0.132. The molecule has 2 saturated heterocycles. The van der Waals surface area contributed by atoms with Crippen LogP contribution in [0.15, 0.2) is 25.3 Å². The summed E-state index contributed by atoms with van der Waals surface area (Å²) in [7, 11) is 0. The monoisotopic (exact) mass is 364 g/mol. The summed E-state index contributed by atoms with van der Waals surface area (Å²) in [6.45, 7) is 9.57. The van der Waals surface area contributed by atoms with Crippen molar-refractivity contribution in [2.45, 2.75) is 25.0 Å². The molecule has 0 saturated carbocycles. The number of aliphatic carboxylic acids is 2. The van der Waals surface area contributed by atoms with Crippen LogP contribution in [0.3, 0.4) is 0 Å². The molecule has 9 nitrogen and oxygen atoms in total. The first kappa shape index (κ1) is 25.5. The van der Waals surface area contributed by atoms with E-state index < -0.39 is 11.9 Å². The third-order valence-corrected chi connectivity index (χ3v) is 2.33. The highest BCUT2D eigenvalue weighted by atomic mass is 16.6. The van der Waals surface area contributed by atoms with Crippen molar-refractivity contribution < 1.29 is 44.2 Å². The minimum absolute atomic E-state index is 0.195. The Morgan fingerprint density at radius 1 is 0.920 bits per heavy atom. The lowest BCUT2D eigenvalue weighted by atomic mass is 10.3. The number of unbranched alkanes of at least 4 members (excludes halogenated alkanes) is 1. The van der Waals surface area contributed by atoms with E-state index in [1.165, 1.54) is 0 Å². The van der Waals surface area contributed by atoms with Crippen LogP contribution in [0.5, 0.6) is 0 Å². The van der Waals surface area contributed by atoms with Gasteiger partial charge in [0.25, 0.3) is 0 Å². The number of carboxylic acids is 2. The summed E-state index contributed by atoms with van der Waals surface area (Å²) in [5.74, 6) is -1.96. The number of hydrogen-bond acceptors (Lipinski definition) is 7. The van der Waals surface area contributed by atoms with Crippen LogP contribution in [0.2, 0.25) is 0 Å². The van der Waals surface area contributed by atoms with Crippen LogP contribution >= 0.6 is 0 Å². The third-order valence-electron chi connectivity index (χ3n) is 2.33. The molecule has 0 bridgehead atoms. The third kappa shape index (κ3) is 30.6.